The zero-order valence-corrected chi connectivity index (χ0v) is 9.00. The Bertz CT molecular complexity index is 347. The van der Waals surface area contributed by atoms with Crippen molar-refractivity contribution in [2.24, 2.45) is 5.92 Å². The van der Waals surface area contributed by atoms with E-state index in [4.69, 9.17) is 9.84 Å². The number of rotatable bonds is 4. The SMILES string of the molecule is O=C(O)N1CC(COCc2ccccc2)C1. The summed E-state index contributed by atoms with van der Waals surface area (Å²) >= 11 is 0. The molecule has 1 saturated heterocycles. The van der Waals surface area contributed by atoms with Gasteiger partial charge in [-0.25, -0.2) is 4.79 Å². The number of benzene rings is 1. The van der Waals surface area contributed by atoms with E-state index in [9.17, 15) is 4.79 Å². The van der Waals surface area contributed by atoms with Crippen molar-refractivity contribution in [2.75, 3.05) is 19.7 Å². The Morgan fingerprint density at radius 2 is 2.06 bits per heavy atom. The van der Waals surface area contributed by atoms with Crippen LogP contribution in [0.15, 0.2) is 30.3 Å². The molecule has 16 heavy (non-hydrogen) atoms. The first-order chi connectivity index (χ1) is 7.75. The molecule has 0 radical (unpaired) electrons. The smallest absolute Gasteiger partial charge is 0.407 e. The van der Waals surface area contributed by atoms with Crippen LogP contribution in [0.3, 0.4) is 0 Å². The third kappa shape index (κ3) is 2.73. The van der Waals surface area contributed by atoms with Crippen molar-refractivity contribution in [3.05, 3.63) is 35.9 Å². The third-order valence-corrected chi connectivity index (χ3v) is 2.69. The van der Waals surface area contributed by atoms with E-state index in [2.05, 4.69) is 0 Å². The van der Waals surface area contributed by atoms with Gasteiger partial charge in [0.05, 0.1) is 13.2 Å². The molecule has 4 heteroatoms. The Labute approximate surface area is 94.4 Å². The summed E-state index contributed by atoms with van der Waals surface area (Å²) in [5.74, 6) is 0.361. The van der Waals surface area contributed by atoms with Crippen molar-refractivity contribution in [3.8, 4) is 0 Å². The largest absolute Gasteiger partial charge is 0.465 e. The second kappa shape index (κ2) is 4.99. The predicted molar refractivity (Wildman–Crippen MR) is 59.2 cm³/mol. The van der Waals surface area contributed by atoms with Crippen molar-refractivity contribution < 1.29 is 14.6 Å². The molecular formula is C12H15NO3. The molecule has 0 bridgehead atoms. The second-order valence-corrected chi connectivity index (χ2v) is 4.05. The van der Waals surface area contributed by atoms with Gasteiger partial charge >= 0.3 is 6.09 Å². The van der Waals surface area contributed by atoms with E-state index in [0.717, 1.165) is 5.56 Å². The highest BCUT2D eigenvalue weighted by molar-refractivity contribution is 5.65. The predicted octanol–water partition coefficient (Wildman–Crippen LogP) is 1.81. The van der Waals surface area contributed by atoms with Crippen LogP contribution in [0.2, 0.25) is 0 Å². The first-order valence-electron chi connectivity index (χ1n) is 5.35. The van der Waals surface area contributed by atoms with E-state index in [0.29, 0.717) is 32.2 Å². The average Bonchev–Trinajstić information content (AvgIpc) is 2.22. The highest BCUT2D eigenvalue weighted by Gasteiger charge is 2.30. The molecule has 1 N–H and O–H groups in total. The van der Waals surface area contributed by atoms with E-state index in [1.54, 1.807) is 0 Å². The molecule has 0 aromatic heterocycles. The molecule has 1 aromatic carbocycles. The lowest BCUT2D eigenvalue weighted by atomic mass is 10.0. The van der Waals surface area contributed by atoms with Crippen LogP contribution in [0.5, 0.6) is 0 Å². The normalized spacial score (nSPS) is 15.9. The van der Waals surface area contributed by atoms with Crippen LogP contribution >= 0.6 is 0 Å². The number of hydrogen-bond donors (Lipinski definition) is 1. The van der Waals surface area contributed by atoms with Gasteiger partial charge in [0, 0.05) is 19.0 Å². The molecule has 1 fully saturated rings. The Morgan fingerprint density at radius 1 is 1.38 bits per heavy atom. The van der Waals surface area contributed by atoms with Crippen molar-refractivity contribution in [2.45, 2.75) is 6.61 Å². The van der Waals surface area contributed by atoms with Gasteiger partial charge in [0.1, 0.15) is 0 Å². The van der Waals surface area contributed by atoms with Gasteiger partial charge in [-0.05, 0) is 5.56 Å². The molecule has 86 valence electrons. The van der Waals surface area contributed by atoms with E-state index in [1.807, 2.05) is 30.3 Å². The van der Waals surface area contributed by atoms with Gasteiger partial charge < -0.3 is 14.7 Å². The minimum atomic E-state index is -0.834. The summed E-state index contributed by atoms with van der Waals surface area (Å²) in [6.07, 6.45) is -0.834. The number of amides is 1. The Kier molecular flexibility index (Phi) is 3.41. The van der Waals surface area contributed by atoms with Crippen molar-refractivity contribution in [3.63, 3.8) is 0 Å². The maximum absolute atomic E-state index is 10.5. The van der Waals surface area contributed by atoms with Crippen LogP contribution < -0.4 is 0 Å². The monoisotopic (exact) mass is 221 g/mol. The zero-order valence-electron chi connectivity index (χ0n) is 9.00. The summed E-state index contributed by atoms with van der Waals surface area (Å²) in [6, 6.07) is 9.97. The number of likely N-dealkylation sites (tertiary alicyclic amines) is 1. The lowest BCUT2D eigenvalue weighted by Gasteiger charge is -2.36. The van der Waals surface area contributed by atoms with Gasteiger partial charge in [0.15, 0.2) is 0 Å². The van der Waals surface area contributed by atoms with Gasteiger partial charge in [-0.15, -0.1) is 0 Å². The lowest BCUT2D eigenvalue weighted by molar-refractivity contribution is 0.0137. The number of carboxylic acid groups (broad SMARTS) is 1. The van der Waals surface area contributed by atoms with Gasteiger partial charge in [-0.3, -0.25) is 0 Å². The van der Waals surface area contributed by atoms with Crippen LogP contribution in [0.1, 0.15) is 5.56 Å². The van der Waals surface area contributed by atoms with E-state index >= 15 is 0 Å². The summed E-state index contributed by atoms with van der Waals surface area (Å²) < 4.78 is 5.53. The van der Waals surface area contributed by atoms with Gasteiger partial charge in [-0.1, -0.05) is 30.3 Å². The molecule has 1 amide bonds. The van der Waals surface area contributed by atoms with Crippen molar-refractivity contribution >= 4 is 6.09 Å². The summed E-state index contributed by atoms with van der Waals surface area (Å²) in [4.78, 5) is 11.9. The van der Waals surface area contributed by atoms with Gasteiger partial charge in [-0.2, -0.15) is 0 Å². The number of hydrogen-bond acceptors (Lipinski definition) is 2. The standard InChI is InChI=1S/C12H15NO3/c14-12(15)13-6-11(7-13)9-16-8-10-4-2-1-3-5-10/h1-5,11H,6-9H2,(H,14,15). The first kappa shape index (κ1) is 11.0. The molecule has 1 aromatic rings. The highest BCUT2D eigenvalue weighted by Crippen LogP contribution is 2.16. The molecule has 1 aliphatic rings. The minimum Gasteiger partial charge on any atom is -0.465 e. The molecule has 0 atom stereocenters. The average molecular weight is 221 g/mol. The molecule has 1 aliphatic heterocycles. The lowest BCUT2D eigenvalue weighted by Crippen LogP contribution is -2.51. The first-order valence-corrected chi connectivity index (χ1v) is 5.35. The van der Waals surface area contributed by atoms with E-state index < -0.39 is 6.09 Å². The number of ether oxygens (including phenoxy) is 1. The summed E-state index contributed by atoms with van der Waals surface area (Å²) in [5, 5.41) is 8.64. The third-order valence-electron chi connectivity index (χ3n) is 2.69. The number of nitrogens with zero attached hydrogens (tertiary/aromatic N) is 1. The Balaban J connectivity index is 1.62. The topological polar surface area (TPSA) is 49.8 Å². The molecule has 0 aliphatic carbocycles. The fourth-order valence-electron chi connectivity index (χ4n) is 1.75. The maximum Gasteiger partial charge on any atom is 0.407 e. The van der Waals surface area contributed by atoms with E-state index in [-0.39, 0.29) is 0 Å². The summed E-state index contributed by atoms with van der Waals surface area (Å²) in [6.45, 7) is 2.44. The molecule has 4 nitrogen and oxygen atoms in total. The molecule has 2 rings (SSSR count). The van der Waals surface area contributed by atoms with Gasteiger partial charge in [0.2, 0.25) is 0 Å². The maximum atomic E-state index is 10.5. The quantitative estimate of drug-likeness (QED) is 0.843. The minimum absolute atomic E-state index is 0.361. The van der Waals surface area contributed by atoms with Crippen LogP contribution in [0, 0.1) is 5.92 Å². The molecule has 0 saturated carbocycles. The highest BCUT2D eigenvalue weighted by atomic mass is 16.5. The fourth-order valence-corrected chi connectivity index (χ4v) is 1.75. The molecule has 1 heterocycles. The second-order valence-electron chi connectivity index (χ2n) is 4.05. The van der Waals surface area contributed by atoms with E-state index in [1.165, 1.54) is 4.90 Å². The van der Waals surface area contributed by atoms with Crippen LogP contribution in [-0.2, 0) is 11.3 Å². The van der Waals surface area contributed by atoms with Crippen LogP contribution in [0.4, 0.5) is 4.79 Å². The molecule has 0 unspecified atom stereocenters. The summed E-state index contributed by atoms with van der Waals surface area (Å²) in [5.41, 5.74) is 1.15. The van der Waals surface area contributed by atoms with Gasteiger partial charge in [0.25, 0.3) is 0 Å². The molecule has 0 spiro atoms. The fraction of sp³-hybridized carbons (Fsp3) is 0.417. The molecular weight excluding hydrogens is 206 g/mol. The summed E-state index contributed by atoms with van der Waals surface area (Å²) in [7, 11) is 0. The Hall–Kier alpha value is -1.55. The van der Waals surface area contributed by atoms with Crippen LogP contribution in [0.25, 0.3) is 0 Å². The number of carbonyl (C=O) groups is 1. The Morgan fingerprint density at radius 3 is 2.69 bits per heavy atom. The van der Waals surface area contributed by atoms with Crippen molar-refractivity contribution in [1.29, 1.82) is 0 Å². The van der Waals surface area contributed by atoms with Crippen molar-refractivity contribution in [1.82, 2.24) is 4.90 Å². The van der Waals surface area contributed by atoms with Crippen LogP contribution in [-0.4, -0.2) is 35.8 Å². The zero-order chi connectivity index (χ0) is 11.4.